The number of nitrogens with zero attached hydrogens (tertiary/aromatic N) is 4. The number of amides is 1. The zero-order valence-corrected chi connectivity index (χ0v) is 13.3. The average Bonchev–Trinajstić information content (AvgIpc) is 3.09. The molecule has 2 aromatic rings. The number of hydrogen-bond acceptors (Lipinski definition) is 10. The number of carbonyl (C=O) groups is 1. The van der Waals surface area contributed by atoms with E-state index >= 15 is 0 Å². The zero-order valence-electron chi connectivity index (χ0n) is 13.3. The molecule has 136 valence electrons. The third-order valence-corrected chi connectivity index (χ3v) is 3.95. The van der Waals surface area contributed by atoms with Crippen molar-refractivity contribution in [2.24, 2.45) is 0 Å². The molecule has 1 saturated heterocycles. The predicted molar refractivity (Wildman–Crippen MR) is 84.8 cm³/mol. The Balaban J connectivity index is 1.93. The van der Waals surface area contributed by atoms with Gasteiger partial charge in [-0.1, -0.05) is 0 Å². The number of fused-ring (bicyclic) bond motifs is 1. The average molecular weight is 353 g/mol. The fourth-order valence-corrected chi connectivity index (χ4v) is 2.75. The summed E-state index contributed by atoms with van der Waals surface area (Å²) in [6.07, 6.45) is -5.80. The lowest BCUT2D eigenvalue weighted by Gasteiger charge is -2.20. The van der Waals surface area contributed by atoms with E-state index in [0.29, 0.717) is 6.54 Å². The molecule has 3 rings (SSSR count). The first-order valence-corrected chi connectivity index (χ1v) is 7.58. The Hall–Kier alpha value is -2.54. The smallest absolute Gasteiger partial charge is 0.251 e. The van der Waals surface area contributed by atoms with Crippen molar-refractivity contribution in [1.29, 1.82) is 0 Å². The van der Waals surface area contributed by atoms with Crippen molar-refractivity contribution >= 4 is 28.8 Å². The van der Waals surface area contributed by atoms with Crippen LogP contribution in [0, 0.1) is 0 Å². The van der Waals surface area contributed by atoms with Crippen LogP contribution in [0.3, 0.4) is 0 Å². The Labute approximate surface area is 141 Å². The molecule has 12 heteroatoms. The number of aliphatic hydroxyl groups excluding tert-OH is 3. The lowest BCUT2D eigenvalue weighted by atomic mass is 10.1. The van der Waals surface area contributed by atoms with E-state index in [1.807, 2.05) is 0 Å². The number of carbonyl (C=O) groups excluding carboxylic acids is 1. The highest BCUT2D eigenvalue weighted by atomic mass is 16.6. The molecule has 0 bridgehead atoms. The van der Waals surface area contributed by atoms with Crippen LogP contribution in [-0.4, -0.2) is 71.7 Å². The van der Waals surface area contributed by atoms with Gasteiger partial charge in [-0.2, -0.15) is 9.97 Å². The molecule has 2 aromatic heterocycles. The lowest BCUT2D eigenvalue weighted by Crippen LogP contribution is -2.47. The second-order valence-electron chi connectivity index (χ2n) is 5.60. The van der Waals surface area contributed by atoms with Gasteiger partial charge in [-0.25, -0.2) is 4.98 Å². The Morgan fingerprint density at radius 3 is 2.80 bits per heavy atom. The summed E-state index contributed by atoms with van der Waals surface area (Å²) < 4.78 is 6.83. The van der Waals surface area contributed by atoms with Crippen molar-refractivity contribution < 1.29 is 24.9 Å². The van der Waals surface area contributed by atoms with Crippen LogP contribution in [0.5, 0.6) is 0 Å². The molecule has 3 heterocycles. The van der Waals surface area contributed by atoms with E-state index in [2.05, 4.69) is 20.3 Å². The maximum absolute atomic E-state index is 11.8. The summed E-state index contributed by atoms with van der Waals surface area (Å²) in [6.45, 7) is 1.98. The highest BCUT2D eigenvalue weighted by Crippen LogP contribution is 2.33. The number of hydrogen-bond donors (Lipinski definition) is 6. The SMILES string of the molecule is CCNC(=O)C(O)[C@H]1O[C@@H](n2cnc3c(N)nc(N)nc32)[C@H](O)[C@@H]1O. The molecule has 0 aliphatic carbocycles. The maximum Gasteiger partial charge on any atom is 0.251 e. The van der Waals surface area contributed by atoms with E-state index in [1.165, 1.54) is 10.9 Å². The molecular weight excluding hydrogens is 334 g/mol. The van der Waals surface area contributed by atoms with Crippen LogP contribution in [0.25, 0.3) is 11.2 Å². The molecule has 1 amide bonds. The molecule has 0 saturated carbocycles. The summed E-state index contributed by atoms with van der Waals surface area (Å²) in [5.41, 5.74) is 11.7. The van der Waals surface area contributed by atoms with E-state index in [4.69, 9.17) is 16.2 Å². The minimum Gasteiger partial charge on any atom is -0.387 e. The normalized spacial score (nSPS) is 27.5. The number of aromatic nitrogens is 4. The van der Waals surface area contributed by atoms with E-state index < -0.39 is 36.6 Å². The summed E-state index contributed by atoms with van der Waals surface area (Å²) in [5.74, 6) is -0.766. The van der Waals surface area contributed by atoms with Crippen molar-refractivity contribution in [3.05, 3.63) is 6.33 Å². The topological polar surface area (TPSA) is 195 Å². The van der Waals surface area contributed by atoms with Crippen LogP contribution in [-0.2, 0) is 9.53 Å². The van der Waals surface area contributed by atoms with E-state index in [1.54, 1.807) is 6.92 Å². The van der Waals surface area contributed by atoms with Gasteiger partial charge < -0.3 is 36.8 Å². The predicted octanol–water partition coefficient (Wildman–Crippen LogP) is -2.89. The fourth-order valence-electron chi connectivity index (χ4n) is 2.75. The van der Waals surface area contributed by atoms with E-state index in [0.717, 1.165) is 0 Å². The zero-order chi connectivity index (χ0) is 18.3. The molecule has 1 unspecified atom stereocenters. The van der Waals surface area contributed by atoms with Crippen molar-refractivity contribution in [2.75, 3.05) is 18.0 Å². The number of imidazole rings is 1. The number of nitrogen functional groups attached to an aromatic ring is 2. The van der Waals surface area contributed by atoms with Crippen LogP contribution < -0.4 is 16.8 Å². The molecule has 0 radical (unpaired) electrons. The van der Waals surface area contributed by atoms with Crippen LogP contribution in [0.4, 0.5) is 11.8 Å². The number of aliphatic hydroxyl groups is 3. The quantitative estimate of drug-likeness (QED) is 0.332. The lowest BCUT2D eigenvalue weighted by molar-refractivity contribution is -0.143. The summed E-state index contributed by atoms with van der Waals surface area (Å²) in [7, 11) is 0. The van der Waals surface area contributed by atoms with Gasteiger partial charge in [-0.05, 0) is 6.92 Å². The molecule has 1 aliphatic rings. The molecule has 12 nitrogen and oxygen atoms in total. The molecule has 1 aliphatic heterocycles. The highest BCUT2D eigenvalue weighted by Gasteiger charge is 2.49. The first kappa shape index (κ1) is 17.3. The van der Waals surface area contributed by atoms with Gasteiger partial charge in [0, 0.05) is 6.54 Å². The molecule has 0 aromatic carbocycles. The fraction of sp³-hybridized carbons (Fsp3) is 0.538. The number of ether oxygens (including phenoxy) is 1. The largest absolute Gasteiger partial charge is 0.387 e. The standard InChI is InChI=1S/C13H19N7O5/c1-2-16-11(24)7(23)8-5(21)6(22)12(25-8)20-3-17-4-9(14)18-13(15)19-10(4)20/h3,5-8,12,21-23H,2H2,1H3,(H,16,24)(H4,14,15,18,19)/t5-,6+,7?,8-,12+/m0/s1. The number of anilines is 2. The Morgan fingerprint density at radius 1 is 1.40 bits per heavy atom. The van der Waals surface area contributed by atoms with Crippen LogP contribution >= 0.6 is 0 Å². The summed E-state index contributed by atoms with van der Waals surface area (Å²) in [6, 6.07) is 0. The van der Waals surface area contributed by atoms with Crippen molar-refractivity contribution in [1.82, 2.24) is 24.8 Å². The van der Waals surface area contributed by atoms with E-state index in [-0.39, 0.29) is 22.9 Å². The second kappa shape index (κ2) is 6.40. The number of nitrogens with one attached hydrogen (secondary N) is 1. The van der Waals surface area contributed by atoms with Gasteiger partial charge in [0.1, 0.15) is 23.8 Å². The minimum absolute atomic E-state index is 0.0493. The minimum atomic E-state index is -1.66. The van der Waals surface area contributed by atoms with Gasteiger partial charge >= 0.3 is 0 Å². The number of likely N-dealkylation sites (N-methyl/N-ethyl adjacent to an activating group) is 1. The molecule has 8 N–H and O–H groups in total. The molecule has 0 spiro atoms. The molecule has 25 heavy (non-hydrogen) atoms. The van der Waals surface area contributed by atoms with Crippen molar-refractivity contribution in [2.45, 2.75) is 37.6 Å². The van der Waals surface area contributed by atoms with Crippen LogP contribution in [0.2, 0.25) is 0 Å². The van der Waals surface area contributed by atoms with Gasteiger partial charge in [0.15, 0.2) is 23.8 Å². The Bertz CT molecular complexity index is 796. The monoisotopic (exact) mass is 353 g/mol. The number of nitrogens with two attached hydrogens (primary N) is 2. The summed E-state index contributed by atoms with van der Waals surface area (Å²) in [5, 5.41) is 32.9. The van der Waals surface area contributed by atoms with Gasteiger partial charge in [-0.15, -0.1) is 0 Å². The first-order valence-electron chi connectivity index (χ1n) is 7.58. The second-order valence-corrected chi connectivity index (χ2v) is 5.60. The molecular formula is C13H19N7O5. The van der Waals surface area contributed by atoms with Gasteiger partial charge in [0.2, 0.25) is 5.95 Å². The van der Waals surface area contributed by atoms with Gasteiger partial charge in [0.05, 0.1) is 6.33 Å². The summed E-state index contributed by atoms with van der Waals surface area (Å²) in [4.78, 5) is 23.6. The van der Waals surface area contributed by atoms with Crippen molar-refractivity contribution in [3.8, 4) is 0 Å². The third kappa shape index (κ3) is 2.84. The maximum atomic E-state index is 11.8. The van der Waals surface area contributed by atoms with Crippen LogP contribution in [0.1, 0.15) is 13.2 Å². The molecule has 5 atom stereocenters. The highest BCUT2D eigenvalue weighted by molar-refractivity contribution is 5.83. The third-order valence-electron chi connectivity index (χ3n) is 3.95. The van der Waals surface area contributed by atoms with E-state index in [9.17, 15) is 20.1 Å². The Kier molecular flexibility index (Phi) is 4.43. The Morgan fingerprint density at radius 2 is 2.12 bits per heavy atom. The number of rotatable bonds is 4. The van der Waals surface area contributed by atoms with Crippen LogP contribution in [0.15, 0.2) is 6.33 Å². The first-order chi connectivity index (χ1) is 11.8. The van der Waals surface area contributed by atoms with Gasteiger partial charge in [0.25, 0.3) is 5.91 Å². The van der Waals surface area contributed by atoms with Gasteiger partial charge in [-0.3, -0.25) is 9.36 Å². The van der Waals surface area contributed by atoms with Crippen molar-refractivity contribution in [3.63, 3.8) is 0 Å². The molecule has 1 fully saturated rings. The summed E-state index contributed by atoms with van der Waals surface area (Å²) >= 11 is 0.